The lowest BCUT2D eigenvalue weighted by Gasteiger charge is -2.39. The Morgan fingerprint density at radius 1 is 0.926 bits per heavy atom. The highest BCUT2D eigenvalue weighted by Gasteiger charge is 2.44. The van der Waals surface area contributed by atoms with Crippen LogP contribution < -0.4 is 18.9 Å². The largest absolute Gasteiger partial charge is 0.486 e. The van der Waals surface area contributed by atoms with E-state index in [1.165, 1.54) is 0 Å². The molecule has 0 aromatic heterocycles. The van der Waals surface area contributed by atoms with Crippen molar-refractivity contribution < 1.29 is 24.1 Å². The first-order chi connectivity index (χ1) is 13.2. The number of β-amino-alcohol motifs (C(OH)–C–C–N with tert-alkyl or cyclic N) is 1. The van der Waals surface area contributed by atoms with Gasteiger partial charge < -0.3 is 29.0 Å². The Bertz CT molecular complexity index is 791. The van der Waals surface area contributed by atoms with Gasteiger partial charge in [-0.1, -0.05) is 24.3 Å². The fourth-order valence-corrected chi connectivity index (χ4v) is 3.93. The molecule has 3 aliphatic heterocycles. The number of aliphatic hydroxyl groups excluding tert-OH is 1. The first kappa shape index (κ1) is 16.7. The van der Waals surface area contributed by atoms with Crippen LogP contribution in [0.25, 0.3) is 0 Å². The Hall–Kier alpha value is -2.44. The summed E-state index contributed by atoms with van der Waals surface area (Å²) in [5.74, 6) is 2.50. The van der Waals surface area contributed by atoms with Gasteiger partial charge in [0.25, 0.3) is 5.79 Å². The fourth-order valence-electron chi connectivity index (χ4n) is 3.93. The number of likely N-dealkylation sites (tertiary alicyclic amines) is 1. The maximum Gasteiger partial charge on any atom is 0.254 e. The second-order valence-electron chi connectivity index (χ2n) is 7.34. The highest BCUT2D eigenvalue weighted by molar-refractivity contribution is 5.43. The molecule has 1 N–H and O–H groups in total. The third kappa shape index (κ3) is 3.19. The summed E-state index contributed by atoms with van der Waals surface area (Å²) in [6, 6.07) is 15.4. The van der Waals surface area contributed by atoms with E-state index >= 15 is 0 Å². The van der Waals surface area contributed by atoms with E-state index in [0.29, 0.717) is 18.9 Å². The van der Waals surface area contributed by atoms with Crippen molar-refractivity contribution >= 4 is 0 Å². The third-order valence-electron chi connectivity index (χ3n) is 5.46. The van der Waals surface area contributed by atoms with Crippen LogP contribution in [0.15, 0.2) is 48.5 Å². The lowest BCUT2D eigenvalue weighted by molar-refractivity contribution is -0.124. The van der Waals surface area contributed by atoms with Gasteiger partial charge in [-0.05, 0) is 24.3 Å². The molecule has 1 saturated heterocycles. The van der Waals surface area contributed by atoms with Crippen LogP contribution in [0, 0.1) is 0 Å². The van der Waals surface area contributed by atoms with Crippen LogP contribution in [0.4, 0.5) is 0 Å². The number of fused-ring (bicyclic) bond motifs is 2. The number of para-hydroxylation sites is 4. The molecule has 0 amide bonds. The smallest absolute Gasteiger partial charge is 0.254 e. The van der Waals surface area contributed by atoms with Gasteiger partial charge in [-0.25, -0.2) is 0 Å². The molecule has 142 valence electrons. The molecular weight excluding hydrogens is 346 g/mol. The van der Waals surface area contributed by atoms with Crippen LogP contribution in [0.5, 0.6) is 23.0 Å². The molecule has 2 aromatic rings. The van der Waals surface area contributed by atoms with E-state index in [9.17, 15) is 5.11 Å². The first-order valence-electron chi connectivity index (χ1n) is 9.47. The summed E-state index contributed by atoms with van der Waals surface area (Å²) in [5.41, 5.74) is 0. The van der Waals surface area contributed by atoms with Crippen LogP contribution in [0.1, 0.15) is 12.8 Å². The number of hydrogen-bond acceptors (Lipinski definition) is 6. The van der Waals surface area contributed by atoms with Gasteiger partial charge >= 0.3 is 0 Å². The standard InChI is InChI=1S/C21H23NO5/c23-15(20-14-24-16-5-1-2-6-17(16)25-20)13-22-11-9-21(10-12-22)26-18-7-3-4-8-19(18)27-21/h1-8,15,20,23H,9-14H2/t15-,20?/m1/s1. The van der Waals surface area contributed by atoms with Crippen molar-refractivity contribution in [1.29, 1.82) is 0 Å². The summed E-state index contributed by atoms with van der Waals surface area (Å²) in [7, 11) is 0. The molecule has 1 fully saturated rings. The summed E-state index contributed by atoms with van der Waals surface area (Å²) >= 11 is 0. The summed E-state index contributed by atoms with van der Waals surface area (Å²) < 4.78 is 23.8. The van der Waals surface area contributed by atoms with Crippen LogP contribution in [0.2, 0.25) is 0 Å². The van der Waals surface area contributed by atoms with Crippen molar-refractivity contribution in [3.8, 4) is 23.0 Å². The predicted octanol–water partition coefficient (Wildman–Crippen LogP) is 2.45. The molecule has 3 heterocycles. The average Bonchev–Trinajstić information content (AvgIpc) is 3.07. The van der Waals surface area contributed by atoms with E-state index < -0.39 is 11.9 Å². The Labute approximate surface area is 158 Å². The molecule has 6 heteroatoms. The second-order valence-corrected chi connectivity index (χ2v) is 7.34. The molecular formula is C21H23NO5. The van der Waals surface area contributed by atoms with Crippen molar-refractivity contribution in [2.75, 3.05) is 26.2 Å². The van der Waals surface area contributed by atoms with E-state index in [1.54, 1.807) is 0 Å². The number of ether oxygens (including phenoxy) is 4. The second kappa shape index (κ2) is 6.62. The van der Waals surface area contributed by atoms with E-state index in [1.807, 2.05) is 48.5 Å². The normalized spacial score (nSPS) is 24.0. The van der Waals surface area contributed by atoms with Crippen molar-refractivity contribution in [1.82, 2.24) is 4.90 Å². The molecule has 2 atom stereocenters. The average molecular weight is 369 g/mol. The Morgan fingerprint density at radius 3 is 2.19 bits per heavy atom. The van der Waals surface area contributed by atoms with Gasteiger partial charge in [0.1, 0.15) is 12.7 Å². The van der Waals surface area contributed by atoms with Crippen molar-refractivity contribution in [2.24, 2.45) is 0 Å². The Balaban J connectivity index is 1.16. The van der Waals surface area contributed by atoms with E-state index in [0.717, 1.165) is 43.2 Å². The van der Waals surface area contributed by atoms with Crippen LogP contribution >= 0.6 is 0 Å². The maximum atomic E-state index is 10.6. The number of piperidine rings is 1. The molecule has 3 aliphatic rings. The van der Waals surface area contributed by atoms with E-state index in [2.05, 4.69) is 4.90 Å². The van der Waals surface area contributed by atoms with Crippen LogP contribution in [-0.4, -0.2) is 54.2 Å². The molecule has 6 nitrogen and oxygen atoms in total. The molecule has 5 rings (SSSR count). The maximum absolute atomic E-state index is 10.6. The topological polar surface area (TPSA) is 60.4 Å². The van der Waals surface area contributed by atoms with Gasteiger partial charge in [0, 0.05) is 32.5 Å². The minimum atomic E-state index is -0.616. The van der Waals surface area contributed by atoms with Crippen molar-refractivity contribution in [3.63, 3.8) is 0 Å². The predicted molar refractivity (Wildman–Crippen MR) is 98.5 cm³/mol. The highest BCUT2D eigenvalue weighted by Crippen LogP contribution is 2.43. The summed E-state index contributed by atoms with van der Waals surface area (Å²) in [6.07, 6.45) is 0.549. The van der Waals surface area contributed by atoms with Gasteiger partial charge in [0.05, 0.1) is 0 Å². The minimum absolute atomic E-state index is 0.359. The van der Waals surface area contributed by atoms with Gasteiger partial charge in [0.15, 0.2) is 29.1 Å². The number of aliphatic hydroxyl groups is 1. The van der Waals surface area contributed by atoms with Gasteiger partial charge in [0.2, 0.25) is 0 Å². The Kier molecular flexibility index (Phi) is 4.10. The fraction of sp³-hybridized carbons (Fsp3) is 0.429. The number of rotatable bonds is 3. The zero-order chi connectivity index (χ0) is 18.3. The molecule has 0 radical (unpaired) electrons. The molecule has 0 aliphatic carbocycles. The van der Waals surface area contributed by atoms with Crippen molar-refractivity contribution in [2.45, 2.75) is 30.8 Å². The zero-order valence-corrected chi connectivity index (χ0v) is 15.0. The third-order valence-corrected chi connectivity index (χ3v) is 5.46. The zero-order valence-electron chi connectivity index (χ0n) is 15.0. The van der Waals surface area contributed by atoms with Crippen LogP contribution in [0.3, 0.4) is 0 Å². The quantitative estimate of drug-likeness (QED) is 0.897. The van der Waals surface area contributed by atoms with Crippen LogP contribution in [-0.2, 0) is 0 Å². The van der Waals surface area contributed by atoms with E-state index in [-0.39, 0.29) is 6.10 Å². The molecule has 27 heavy (non-hydrogen) atoms. The number of nitrogens with zero attached hydrogens (tertiary/aromatic N) is 1. The summed E-state index contributed by atoms with van der Waals surface area (Å²) in [4.78, 5) is 2.23. The van der Waals surface area contributed by atoms with Crippen molar-refractivity contribution in [3.05, 3.63) is 48.5 Å². The molecule has 2 aromatic carbocycles. The van der Waals surface area contributed by atoms with Gasteiger partial charge in [-0.3, -0.25) is 0 Å². The summed E-state index contributed by atoms with van der Waals surface area (Å²) in [5, 5.41) is 10.6. The van der Waals surface area contributed by atoms with Gasteiger partial charge in [-0.15, -0.1) is 0 Å². The van der Waals surface area contributed by atoms with Gasteiger partial charge in [-0.2, -0.15) is 0 Å². The summed E-state index contributed by atoms with van der Waals surface area (Å²) in [6.45, 7) is 2.50. The molecule has 1 spiro atoms. The monoisotopic (exact) mass is 369 g/mol. The number of hydrogen-bond donors (Lipinski definition) is 1. The number of benzene rings is 2. The Morgan fingerprint density at radius 2 is 1.52 bits per heavy atom. The molecule has 0 saturated carbocycles. The SMILES string of the molecule is O[C@H](CN1CCC2(CC1)Oc1ccccc1O2)C1COc2ccccc2O1. The van der Waals surface area contributed by atoms with E-state index in [4.69, 9.17) is 18.9 Å². The molecule has 1 unspecified atom stereocenters. The lowest BCUT2D eigenvalue weighted by Crippen LogP contribution is -2.53. The first-order valence-corrected chi connectivity index (χ1v) is 9.47. The highest BCUT2D eigenvalue weighted by atomic mass is 16.7. The minimum Gasteiger partial charge on any atom is -0.486 e. The lowest BCUT2D eigenvalue weighted by atomic mass is 10.0. The molecule has 0 bridgehead atoms.